The van der Waals surface area contributed by atoms with Crippen LogP contribution in [0.25, 0.3) is 16.6 Å². The molecule has 10 heteroatoms. The van der Waals surface area contributed by atoms with E-state index in [1.54, 1.807) is 19.3 Å². The summed E-state index contributed by atoms with van der Waals surface area (Å²) in [6.45, 7) is 5.54. The molecule has 0 aliphatic rings. The monoisotopic (exact) mass is 514 g/mol. The molecule has 0 saturated heterocycles. The Morgan fingerprint density at radius 1 is 1.18 bits per heavy atom. The molecule has 1 atom stereocenters. The van der Waals surface area contributed by atoms with Gasteiger partial charge in [-0.05, 0) is 43.2 Å². The third-order valence-electron chi connectivity index (χ3n) is 6.51. The fraction of sp³-hybridized carbons (Fsp3) is 0.214. The van der Waals surface area contributed by atoms with Gasteiger partial charge in [0.2, 0.25) is 0 Å². The number of carbonyl (C=O) groups is 1. The van der Waals surface area contributed by atoms with Gasteiger partial charge < -0.3 is 10.1 Å². The highest BCUT2D eigenvalue weighted by atomic mass is 19.1. The van der Waals surface area contributed by atoms with E-state index in [1.807, 2.05) is 57.2 Å². The SMILES string of the molecule is CCc1nn(-c2cc(OC(C)c3ccccc3)c(C(=O)Nc3cc4cn[nH]c4cc3C)cc2F)c(=O)n1C. The number of hydrogen-bond acceptors (Lipinski definition) is 5. The Balaban J connectivity index is 1.58. The molecular formula is C28H27FN6O3. The van der Waals surface area contributed by atoms with Gasteiger partial charge in [0.1, 0.15) is 29.2 Å². The topological polar surface area (TPSA) is 107 Å². The van der Waals surface area contributed by atoms with E-state index in [0.29, 0.717) is 17.9 Å². The van der Waals surface area contributed by atoms with Crippen molar-refractivity contribution in [3.8, 4) is 11.4 Å². The van der Waals surface area contributed by atoms with E-state index in [9.17, 15) is 9.59 Å². The minimum Gasteiger partial charge on any atom is -0.485 e. The Labute approximate surface area is 217 Å². The van der Waals surface area contributed by atoms with Gasteiger partial charge >= 0.3 is 5.69 Å². The number of nitrogens with one attached hydrogen (secondary N) is 2. The second-order valence-corrected chi connectivity index (χ2v) is 9.07. The van der Waals surface area contributed by atoms with Crippen LogP contribution < -0.4 is 15.7 Å². The number of aromatic amines is 1. The molecule has 0 radical (unpaired) electrons. The van der Waals surface area contributed by atoms with Gasteiger partial charge in [-0.1, -0.05) is 37.3 Å². The second-order valence-electron chi connectivity index (χ2n) is 9.07. The molecule has 0 spiro atoms. The number of benzene rings is 3. The van der Waals surface area contributed by atoms with Gasteiger partial charge in [0, 0.05) is 30.6 Å². The number of ether oxygens (including phenoxy) is 1. The zero-order valence-electron chi connectivity index (χ0n) is 21.4. The van der Waals surface area contributed by atoms with E-state index >= 15 is 4.39 Å². The van der Waals surface area contributed by atoms with Crippen LogP contribution in [0.5, 0.6) is 5.75 Å². The molecule has 2 N–H and O–H groups in total. The quantitative estimate of drug-likeness (QED) is 0.323. The number of H-pyrrole nitrogens is 1. The van der Waals surface area contributed by atoms with E-state index in [2.05, 4.69) is 20.6 Å². The smallest absolute Gasteiger partial charge is 0.350 e. The molecule has 5 rings (SSSR count). The maximum absolute atomic E-state index is 15.5. The molecule has 0 aliphatic heterocycles. The number of nitrogens with zero attached hydrogens (tertiary/aromatic N) is 4. The van der Waals surface area contributed by atoms with Crippen molar-refractivity contribution in [2.24, 2.45) is 7.05 Å². The highest BCUT2D eigenvalue weighted by Crippen LogP contribution is 2.31. The van der Waals surface area contributed by atoms with Crippen molar-refractivity contribution in [1.29, 1.82) is 0 Å². The summed E-state index contributed by atoms with van der Waals surface area (Å²) in [7, 11) is 1.58. The van der Waals surface area contributed by atoms with Gasteiger partial charge in [0.05, 0.1) is 17.3 Å². The number of fused-ring (bicyclic) bond motifs is 1. The Bertz CT molecular complexity index is 1700. The van der Waals surface area contributed by atoms with Crippen LogP contribution in [0.2, 0.25) is 0 Å². The number of carbonyl (C=O) groups excluding carboxylic acids is 1. The average Bonchev–Trinajstić information content (AvgIpc) is 3.48. The van der Waals surface area contributed by atoms with Crippen LogP contribution in [-0.2, 0) is 13.5 Å². The fourth-order valence-electron chi connectivity index (χ4n) is 4.33. The van der Waals surface area contributed by atoms with Crippen LogP contribution in [0.1, 0.15) is 47.3 Å². The molecule has 1 amide bonds. The van der Waals surface area contributed by atoms with Gasteiger partial charge in [0.25, 0.3) is 5.91 Å². The van der Waals surface area contributed by atoms with Crippen molar-refractivity contribution >= 4 is 22.5 Å². The second kappa shape index (κ2) is 9.97. The Kier molecular flexibility index (Phi) is 6.54. The van der Waals surface area contributed by atoms with Crippen LogP contribution in [0, 0.1) is 12.7 Å². The summed E-state index contributed by atoms with van der Waals surface area (Å²) >= 11 is 0. The summed E-state index contributed by atoms with van der Waals surface area (Å²) in [6, 6.07) is 15.5. The molecule has 3 aromatic carbocycles. The molecule has 2 heterocycles. The number of halogens is 1. The van der Waals surface area contributed by atoms with E-state index in [4.69, 9.17) is 4.74 Å². The van der Waals surface area contributed by atoms with Crippen LogP contribution in [-0.4, -0.2) is 30.5 Å². The molecule has 0 fully saturated rings. The van der Waals surface area contributed by atoms with E-state index < -0.39 is 23.5 Å². The summed E-state index contributed by atoms with van der Waals surface area (Å²) in [5, 5.41) is 14.9. The highest BCUT2D eigenvalue weighted by Gasteiger charge is 2.23. The van der Waals surface area contributed by atoms with Crippen LogP contribution in [0.4, 0.5) is 10.1 Å². The zero-order valence-corrected chi connectivity index (χ0v) is 21.4. The van der Waals surface area contributed by atoms with Gasteiger partial charge in [-0.15, -0.1) is 5.10 Å². The summed E-state index contributed by atoms with van der Waals surface area (Å²) < 4.78 is 24.1. The number of rotatable bonds is 7. The standard InChI is InChI=1S/C28H27FN6O3/c1-5-26-33-35(28(37)34(26)4)24-14-25(38-17(3)18-9-7-6-8-10-18)20(13-21(24)29)27(36)31-22-12-19-15-30-32-23(19)11-16(22)2/h6-15,17H,5H2,1-4H3,(H,30,32)(H,31,36). The molecule has 2 aromatic heterocycles. The summed E-state index contributed by atoms with van der Waals surface area (Å²) in [5.74, 6) is -0.714. The minimum absolute atomic E-state index is 0.0135. The van der Waals surface area contributed by atoms with Crippen LogP contribution >= 0.6 is 0 Å². The molecule has 5 aromatic rings. The van der Waals surface area contributed by atoms with E-state index in [1.165, 1.54) is 10.6 Å². The first-order valence-corrected chi connectivity index (χ1v) is 12.2. The number of amides is 1. The summed E-state index contributed by atoms with van der Waals surface area (Å²) in [6.07, 6.45) is 1.69. The van der Waals surface area contributed by atoms with Crippen molar-refractivity contribution in [2.45, 2.75) is 33.3 Å². The van der Waals surface area contributed by atoms with Gasteiger partial charge in [0.15, 0.2) is 0 Å². The lowest BCUT2D eigenvalue weighted by atomic mass is 10.1. The number of aryl methyl sites for hydroxylation is 2. The fourth-order valence-corrected chi connectivity index (χ4v) is 4.33. The van der Waals surface area contributed by atoms with E-state index in [0.717, 1.165) is 32.8 Å². The van der Waals surface area contributed by atoms with Crippen molar-refractivity contribution in [2.75, 3.05) is 5.32 Å². The molecule has 194 valence electrons. The predicted octanol–water partition coefficient (Wildman–Crippen LogP) is 4.85. The normalized spacial score (nSPS) is 12.0. The van der Waals surface area contributed by atoms with Gasteiger partial charge in [-0.2, -0.15) is 9.78 Å². The summed E-state index contributed by atoms with van der Waals surface area (Å²) in [5.41, 5.74) is 2.46. The molecular weight excluding hydrogens is 487 g/mol. The first-order valence-electron chi connectivity index (χ1n) is 12.2. The predicted molar refractivity (Wildman–Crippen MR) is 142 cm³/mol. The average molecular weight is 515 g/mol. The van der Waals surface area contributed by atoms with Crippen molar-refractivity contribution in [3.63, 3.8) is 0 Å². The van der Waals surface area contributed by atoms with Crippen molar-refractivity contribution < 1.29 is 13.9 Å². The van der Waals surface area contributed by atoms with Crippen LogP contribution in [0.3, 0.4) is 0 Å². The first kappa shape index (κ1) is 24.9. The first-order chi connectivity index (χ1) is 18.3. The third-order valence-corrected chi connectivity index (χ3v) is 6.51. The Morgan fingerprint density at radius 2 is 1.95 bits per heavy atom. The number of hydrogen-bond donors (Lipinski definition) is 2. The maximum atomic E-state index is 15.5. The molecule has 1 unspecified atom stereocenters. The Hall–Kier alpha value is -4.73. The van der Waals surface area contributed by atoms with Crippen LogP contribution in [0.15, 0.2) is 65.6 Å². The summed E-state index contributed by atoms with van der Waals surface area (Å²) in [4.78, 5) is 26.3. The largest absolute Gasteiger partial charge is 0.485 e. The number of anilines is 1. The minimum atomic E-state index is -0.778. The zero-order chi connectivity index (χ0) is 27.0. The molecule has 0 aliphatic carbocycles. The van der Waals surface area contributed by atoms with Gasteiger partial charge in [-0.25, -0.2) is 9.18 Å². The molecule has 0 saturated carbocycles. The third kappa shape index (κ3) is 4.56. The van der Waals surface area contributed by atoms with E-state index in [-0.39, 0.29) is 17.0 Å². The maximum Gasteiger partial charge on any atom is 0.350 e. The molecule has 38 heavy (non-hydrogen) atoms. The van der Waals surface area contributed by atoms with Crippen molar-refractivity contribution in [3.05, 3.63) is 99.6 Å². The van der Waals surface area contributed by atoms with Gasteiger partial charge in [-0.3, -0.25) is 14.5 Å². The highest BCUT2D eigenvalue weighted by molar-refractivity contribution is 6.07. The lowest BCUT2D eigenvalue weighted by molar-refractivity contribution is 0.101. The lowest BCUT2D eigenvalue weighted by Crippen LogP contribution is -2.23. The molecule has 0 bridgehead atoms. The van der Waals surface area contributed by atoms with Crippen molar-refractivity contribution in [1.82, 2.24) is 24.5 Å². The number of aromatic nitrogens is 5. The molecule has 9 nitrogen and oxygen atoms in total. The Morgan fingerprint density at radius 3 is 2.66 bits per heavy atom. The lowest BCUT2D eigenvalue weighted by Gasteiger charge is -2.19.